The molecule has 0 aliphatic rings. The molecule has 0 aliphatic carbocycles. The summed E-state index contributed by atoms with van der Waals surface area (Å²) in [5, 5.41) is 9.42. The Morgan fingerprint density at radius 3 is 2.73 bits per heavy atom. The lowest BCUT2D eigenvalue weighted by Crippen LogP contribution is -2.07. The van der Waals surface area contributed by atoms with Gasteiger partial charge in [-0.25, -0.2) is 8.42 Å². The first kappa shape index (κ1) is 10.2. The number of benzene rings is 1. The monoisotopic (exact) mass is 226 g/mol. The zero-order valence-corrected chi connectivity index (χ0v) is 8.70. The highest BCUT2D eigenvalue weighted by Gasteiger charge is 2.14. The minimum absolute atomic E-state index is 0.194. The molecule has 2 aromatic rings. The average Bonchev–Trinajstić information content (AvgIpc) is 2.62. The molecule has 0 bridgehead atoms. The lowest BCUT2D eigenvalue weighted by atomic mass is 10.2. The summed E-state index contributed by atoms with van der Waals surface area (Å²) in [6, 6.07) is 7.19. The van der Waals surface area contributed by atoms with Crippen molar-refractivity contribution in [1.82, 2.24) is 0 Å². The predicted octanol–water partition coefficient (Wildman–Crippen LogP) is 1.30. The van der Waals surface area contributed by atoms with Gasteiger partial charge in [0, 0.05) is 10.9 Å². The lowest BCUT2D eigenvalue weighted by molar-refractivity contribution is 0.358. The van der Waals surface area contributed by atoms with Crippen molar-refractivity contribution in [2.75, 3.05) is 5.94 Å². The van der Waals surface area contributed by atoms with Gasteiger partial charge in [0.05, 0.1) is 12.0 Å². The topological polar surface area (TPSA) is 67.5 Å². The molecule has 1 aromatic heterocycles. The number of hydrogen-bond donors (Lipinski definition) is 1. The number of aliphatic hydroxyl groups is 1. The molecule has 80 valence electrons. The Kier molecular flexibility index (Phi) is 2.50. The van der Waals surface area contributed by atoms with E-state index >= 15 is 0 Å². The van der Waals surface area contributed by atoms with Crippen LogP contribution in [-0.2, 0) is 15.6 Å². The number of rotatable bonds is 3. The Morgan fingerprint density at radius 2 is 2.00 bits per heavy atom. The summed E-state index contributed by atoms with van der Waals surface area (Å²) in [5.74, 6) is -1.03. The molecule has 0 amide bonds. The van der Waals surface area contributed by atoms with Crippen LogP contribution in [0.5, 0.6) is 0 Å². The highest BCUT2D eigenvalue weighted by atomic mass is 32.2. The fourth-order valence-corrected chi connectivity index (χ4v) is 2.22. The van der Waals surface area contributed by atoms with Crippen LogP contribution in [0.3, 0.4) is 0 Å². The van der Waals surface area contributed by atoms with Crippen LogP contribution < -0.4 is 0 Å². The summed E-state index contributed by atoms with van der Waals surface area (Å²) >= 11 is 0. The van der Waals surface area contributed by atoms with Gasteiger partial charge in [-0.15, -0.1) is 0 Å². The van der Waals surface area contributed by atoms with E-state index in [4.69, 9.17) is 9.52 Å². The summed E-state index contributed by atoms with van der Waals surface area (Å²) < 4.78 is 27.6. The van der Waals surface area contributed by atoms with Crippen molar-refractivity contribution in [2.45, 2.75) is 5.75 Å². The SMILES string of the molecule is O=S(=O)(CO)Cc1coc2ccccc12. The molecule has 15 heavy (non-hydrogen) atoms. The van der Waals surface area contributed by atoms with Crippen LogP contribution in [0.2, 0.25) is 0 Å². The normalized spacial score (nSPS) is 12.1. The zero-order chi connectivity index (χ0) is 10.9. The maximum Gasteiger partial charge on any atom is 0.178 e. The van der Waals surface area contributed by atoms with E-state index in [1.165, 1.54) is 6.26 Å². The van der Waals surface area contributed by atoms with Crippen molar-refractivity contribution in [3.05, 3.63) is 36.1 Å². The highest BCUT2D eigenvalue weighted by Crippen LogP contribution is 2.22. The van der Waals surface area contributed by atoms with Gasteiger partial charge in [0.1, 0.15) is 11.5 Å². The molecule has 1 aromatic carbocycles. The maximum atomic E-state index is 11.2. The van der Waals surface area contributed by atoms with Crippen molar-refractivity contribution in [1.29, 1.82) is 0 Å². The van der Waals surface area contributed by atoms with Gasteiger partial charge in [0.2, 0.25) is 0 Å². The van der Waals surface area contributed by atoms with E-state index in [1.807, 2.05) is 12.1 Å². The van der Waals surface area contributed by atoms with Crippen LogP contribution in [0.25, 0.3) is 11.0 Å². The first-order chi connectivity index (χ1) is 7.12. The molecule has 0 spiro atoms. The number of fused-ring (bicyclic) bond motifs is 1. The van der Waals surface area contributed by atoms with Gasteiger partial charge in [0.15, 0.2) is 9.84 Å². The van der Waals surface area contributed by atoms with Crippen molar-refractivity contribution >= 4 is 20.8 Å². The van der Waals surface area contributed by atoms with Gasteiger partial charge >= 0.3 is 0 Å². The molecular formula is C10H10O4S. The third kappa shape index (κ3) is 2.03. The largest absolute Gasteiger partial charge is 0.464 e. The Balaban J connectivity index is 2.46. The number of sulfone groups is 1. The van der Waals surface area contributed by atoms with E-state index in [9.17, 15) is 8.42 Å². The molecule has 4 nitrogen and oxygen atoms in total. The zero-order valence-electron chi connectivity index (χ0n) is 7.88. The molecule has 0 unspecified atom stereocenters. The van der Waals surface area contributed by atoms with E-state index in [0.29, 0.717) is 11.1 Å². The molecular weight excluding hydrogens is 216 g/mol. The van der Waals surface area contributed by atoms with E-state index < -0.39 is 15.8 Å². The fraction of sp³-hybridized carbons (Fsp3) is 0.200. The van der Waals surface area contributed by atoms with Gasteiger partial charge < -0.3 is 9.52 Å². The average molecular weight is 226 g/mol. The Hall–Kier alpha value is -1.33. The number of aliphatic hydroxyl groups excluding tert-OH is 1. The van der Waals surface area contributed by atoms with Gasteiger partial charge in [-0.2, -0.15) is 0 Å². The molecule has 0 aliphatic heterocycles. The number of furan rings is 1. The van der Waals surface area contributed by atoms with Crippen LogP contribution in [0.4, 0.5) is 0 Å². The molecule has 5 heteroatoms. The minimum Gasteiger partial charge on any atom is -0.464 e. The van der Waals surface area contributed by atoms with Gasteiger partial charge in [0.25, 0.3) is 0 Å². The molecule has 2 rings (SSSR count). The first-order valence-corrected chi connectivity index (χ1v) is 6.21. The Labute approximate surface area is 87.1 Å². The smallest absolute Gasteiger partial charge is 0.178 e. The lowest BCUT2D eigenvalue weighted by Gasteiger charge is -1.97. The van der Waals surface area contributed by atoms with Gasteiger partial charge in [-0.1, -0.05) is 18.2 Å². The summed E-state index contributed by atoms with van der Waals surface area (Å²) in [4.78, 5) is 0. The summed E-state index contributed by atoms with van der Waals surface area (Å²) in [6.07, 6.45) is 1.41. The standard InChI is InChI=1S/C10H10O4S/c11-7-15(12,13)6-8-5-14-10-4-2-1-3-9(8)10/h1-5,11H,6-7H2. The molecule has 0 saturated carbocycles. The molecule has 0 saturated heterocycles. The van der Waals surface area contributed by atoms with E-state index in [-0.39, 0.29) is 5.75 Å². The number of hydrogen-bond acceptors (Lipinski definition) is 4. The molecule has 1 N–H and O–H groups in total. The van der Waals surface area contributed by atoms with Crippen LogP contribution in [-0.4, -0.2) is 19.5 Å². The molecule has 0 fully saturated rings. The maximum absolute atomic E-state index is 11.2. The van der Waals surface area contributed by atoms with Crippen molar-refractivity contribution in [3.63, 3.8) is 0 Å². The van der Waals surface area contributed by atoms with E-state index in [1.54, 1.807) is 12.1 Å². The summed E-state index contributed by atoms with van der Waals surface area (Å²) in [7, 11) is -3.44. The Morgan fingerprint density at radius 1 is 1.27 bits per heavy atom. The van der Waals surface area contributed by atoms with Crippen LogP contribution in [0.1, 0.15) is 5.56 Å². The summed E-state index contributed by atoms with van der Waals surface area (Å²) in [6.45, 7) is 0. The molecule has 1 heterocycles. The number of para-hydroxylation sites is 1. The predicted molar refractivity (Wildman–Crippen MR) is 55.9 cm³/mol. The van der Waals surface area contributed by atoms with Crippen molar-refractivity contribution in [3.8, 4) is 0 Å². The van der Waals surface area contributed by atoms with Crippen molar-refractivity contribution < 1.29 is 17.9 Å². The third-order valence-electron chi connectivity index (χ3n) is 2.13. The van der Waals surface area contributed by atoms with Gasteiger partial charge in [-0.05, 0) is 6.07 Å². The fourth-order valence-electron chi connectivity index (χ4n) is 1.43. The molecule has 0 radical (unpaired) electrons. The van der Waals surface area contributed by atoms with E-state index in [0.717, 1.165) is 5.39 Å². The second kappa shape index (κ2) is 3.67. The van der Waals surface area contributed by atoms with Crippen LogP contribution in [0, 0.1) is 0 Å². The Bertz CT molecular complexity index is 568. The van der Waals surface area contributed by atoms with E-state index in [2.05, 4.69) is 0 Å². The second-order valence-electron chi connectivity index (χ2n) is 3.27. The quantitative estimate of drug-likeness (QED) is 0.856. The minimum atomic E-state index is -3.44. The molecule has 0 atom stereocenters. The van der Waals surface area contributed by atoms with Gasteiger partial charge in [-0.3, -0.25) is 0 Å². The first-order valence-electron chi connectivity index (χ1n) is 4.39. The second-order valence-corrected chi connectivity index (χ2v) is 5.31. The van der Waals surface area contributed by atoms with Crippen LogP contribution in [0.15, 0.2) is 34.9 Å². The van der Waals surface area contributed by atoms with Crippen LogP contribution >= 0.6 is 0 Å². The highest BCUT2D eigenvalue weighted by molar-refractivity contribution is 7.90. The third-order valence-corrected chi connectivity index (χ3v) is 3.28. The van der Waals surface area contributed by atoms with Crippen molar-refractivity contribution in [2.24, 2.45) is 0 Å². The summed E-state index contributed by atoms with van der Waals surface area (Å²) in [5.41, 5.74) is 1.24.